The highest BCUT2D eigenvalue weighted by molar-refractivity contribution is 6.30. The van der Waals surface area contributed by atoms with Gasteiger partial charge in [-0.2, -0.15) is 10.1 Å². The second-order valence-corrected chi connectivity index (χ2v) is 7.25. The third-order valence-corrected chi connectivity index (χ3v) is 5.46. The summed E-state index contributed by atoms with van der Waals surface area (Å²) >= 11 is 6.01. The number of Topliss-reactive ketones (excluding diaryl/α,β-unsaturated/α-hetero) is 1. The first-order valence-electron chi connectivity index (χ1n) is 8.79. The summed E-state index contributed by atoms with van der Waals surface area (Å²) in [6, 6.07) is 11.3. The SMILES string of the molecule is O=C1C[C@H](c2ccc(Cl)cc2)CC2=C1[C@@H](c1cccnc1)n1ncnc1N2. The van der Waals surface area contributed by atoms with E-state index in [1.54, 1.807) is 17.1 Å². The van der Waals surface area contributed by atoms with Crippen LogP contribution < -0.4 is 5.32 Å². The van der Waals surface area contributed by atoms with Gasteiger partial charge < -0.3 is 5.32 Å². The van der Waals surface area contributed by atoms with Crippen molar-refractivity contribution in [1.29, 1.82) is 0 Å². The number of carbonyl (C=O) groups is 1. The van der Waals surface area contributed by atoms with E-state index >= 15 is 0 Å². The molecule has 134 valence electrons. The minimum absolute atomic E-state index is 0.116. The average Bonchev–Trinajstić information content (AvgIpc) is 3.15. The number of benzene rings is 1. The van der Waals surface area contributed by atoms with Crippen LogP contribution in [0.1, 0.15) is 35.9 Å². The van der Waals surface area contributed by atoms with Gasteiger partial charge in [-0.1, -0.05) is 29.8 Å². The number of allylic oxidation sites excluding steroid dienone is 2. The molecule has 3 aromatic rings. The largest absolute Gasteiger partial charge is 0.328 e. The molecule has 0 saturated heterocycles. The van der Waals surface area contributed by atoms with Gasteiger partial charge in [0.1, 0.15) is 12.4 Å². The maximum absolute atomic E-state index is 13.2. The predicted octanol–water partition coefficient (Wildman–Crippen LogP) is 3.74. The number of anilines is 1. The van der Waals surface area contributed by atoms with Crippen LogP contribution >= 0.6 is 11.6 Å². The van der Waals surface area contributed by atoms with Crippen molar-refractivity contribution in [3.05, 3.63) is 82.5 Å². The number of pyridine rings is 1. The molecule has 0 radical (unpaired) electrons. The molecule has 0 amide bonds. The lowest BCUT2D eigenvalue weighted by Gasteiger charge is -2.35. The molecule has 1 aliphatic heterocycles. The van der Waals surface area contributed by atoms with Gasteiger partial charge in [-0.15, -0.1) is 0 Å². The van der Waals surface area contributed by atoms with Crippen LogP contribution in [0.2, 0.25) is 5.02 Å². The molecule has 2 atom stereocenters. The van der Waals surface area contributed by atoms with E-state index in [-0.39, 0.29) is 17.7 Å². The van der Waals surface area contributed by atoms with Gasteiger partial charge in [0, 0.05) is 35.1 Å². The number of hydrogen-bond acceptors (Lipinski definition) is 5. The van der Waals surface area contributed by atoms with Crippen molar-refractivity contribution in [1.82, 2.24) is 19.7 Å². The van der Waals surface area contributed by atoms with E-state index < -0.39 is 0 Å². The maximum atomic E-state index is 13.2. The number of halogens is 1. The van der Waals surface area contributed by atoms with Crippen molar-refractivity contribution in [2.75, 3.05) is 5.32 Å². The zero-order valence-electron chi connectivity index (χ0n) is 14.3. The van der Waals surface area contributed by atoms with E-state index in [2.05, 4.69) is 20.4 Å². The van der Waals surface area contributed by atoms with Gasteiger partial charge in [0.05, 0.1) is 0 Å². The van der Waals surface area contributed by atoms with E-state index in [0.29, 0.717) is 17.4 Å². The normalized spacial score (nSPS) is 21.4. The molecule has 7 heteroatoms. The Kier molecular flexibility index (Phi) is 3.79. The van der Waals surface area contributed by atoms with Gasteiger partial charge in [0.25, 0.3) is 0 Å². The van der Waals surface area contributed by atoms with Gasteiger partial charge in [0.2, 0.25) is 5.95 Å². The summed E-state index contributed by atoms with van der Waals surface area (Å²) in [5.41, 5.74) is 3.72. The lowest BCUT2D eigenvalue weighted by Crippen LogP contribution is -2.33. The zero-order valence-corrected chi connectivity index (χ0v) is 15.1. The first-order valence-corrected chi connectivity index (χ1v) is 9.16. The highest BCUT2D eigenvalue weighted by atomic mass is 35.5. The number of nitrogens with one attached hydrogen (secondary N) is 1. The Balaban J connectivity index is 1.58. The third-order valence-electron chi connectivity index (χ3n) is 5.20. The molecule has 2 aliphatic rings. The topological polar surface area (TPSA) is 72.7 Å². The van der Waals surface area contributed by atoms with Crippen LogP contribution in [-0.2, 0) is 4.79 Å². The number of nitrogens with zero attached hydrogens (tertiary/aromatic N) is 4. The Hall–Kier alpha value is -2.99. The van der Waals surface area contributed by atoms with Crippen molar-refractivity contribution in [2.24, 2.45) is 0 Å². The van der Waals surface area contributed by atoms with Crippen molar-refractivity contribution >= 4 is 23.3 Å². The Bertz CT molecular complexity index is 1040. The minimum atomic E-state index is -0.300. The van der Waals surface area contributed by atoms with Crippen molar-refractivity contribution in [3.63, 3.8) is 0 Å². The van der Waals surface area contributed by atoms with Crippen LogP contribution in [0.3, 0.4) is 0 Å². The van der Waals surface area contributed by atoms with Crippen LogP contribution in [0.15, 0.2) is 66.4 Å². The van der Waals surface area contributed by atoms with Gasteiger partial charge in [-0.25, -0.2) is 4.68 Å². The van der Waals surface area contributed by atoms with Crippen LogP contribution in [0.25, 0.3) is 0 Å². The molecule has 0 spiro atoms. The molecular formula is C20H16ClN5O. The Morgan fingerprint density at radius 3 is 2.74 bits per heavy atom. The van der Waals surface area contributed by atoms with E-state index in [1.165, 1.54) is 6.33 Å². The summed E-state index contributed by atoms with van der Waals surface area (Å²) < 4.78 is 1.76. The Morgan fingerprint density at radius 2 is 1.96 bits per heavy atom. The summed E-state index contributed by atoms with van der Waals surface area (Å²) in [7, 11) is 0. The van der Waals surface area contributed by atoms with Crippen LogP contribution in [0, 0.1) is 0 Å². The lowest BCUT2D eigenvalue weighted by atomic mass is 9.78. The quantitative estimate of drug-likeness (QED) is 0.736. The third kappa shape index (κ3) is 2.73. The van der Waals surface area contributed by atoms with Gasteiger partial charge >= 0.3 is 0 Å². The van der Waals surface area contributed by atoms with Crippen LogP contribution in [0.4, 0.5) is 5.95 Å². The second kappa shape index (κ2) is 6.32. The number of hydrogen-bond donors (Lipinski definition) is 1. The molecule has 1 aromatic carbocycles. The van der Waals surface area contributed by atoms with E-state index in [9.17, 15) is 4.79 Å². The van der Waals surface area contributed by atoms with Crippen molar-refractivity contribution in [3.8, 4) is 0 Å². The lowest BCUT2D eigenvalue weighted by molar-refractivity contribution is -0.116. The Morgan fingerprint density at radius 1 is 1.11 bits per heavy atom. The smallest absolute Gasteiger partial charge is 0.226 e. The van der Waals surface area contributed by atoms with Gasteiger partial charge in [0.15, 0.2) is 5.78 Å². The molecule has 0 unspecified atom stereocenters. The van der Waals surface area contributed by atoms with Crippen LogP contribution in [0.5, 0.6) is 0 Å². The minimum Gasteiger partial charge on any atom is -0.328 e. The first-order chi connectivity index (χ1) is 13.2. The number of rotatable bonds is 2. The predicted molar refractivity (Wildman–Crippen MR) is 101 cm³/mol. The molecule has 1 N–H and O–H groups in total. The average molecular weight is 378 g/mol. The van der Waals surface area contributed by atoms with Gasteiger partial charge in [-0.05, 0) is 41.7 Å². The number of fused-ring (bicyclic) bond motifs is 1. The molecular weight excluding hydrogens is 362 g/mol. The second-order valence-electron chi connectivity index (χ2n) is 6.81. The zero-order chi connectivity index (χ0) is 18.4. The standard InChI is InChI=1S/C20H16ClN5O/c21-15-5-3-12(4-6-15)14-8-16-18(17(27)9-14)19(13-2-1-7-22-10-13)26-20(25-16)23-11-24-26/h1-7,10-11,14,19H,8-9H2,(H,23,24,25)/t14-,19-/m1/s1. The highest BCUT2D eigenvalue weighted by Crippen LogP contribution is 2.43. The highest BCUT2D eigenvalue weighted by Gasteiger charge is 2.39. The molecule has 0 saturated carbocycles. The number of carbonyl (C=O) groups excluding carboxylic acids is 1. The van der Waals surface area contributed by atoms with Crippen molar-refractivity contribution in [2.45, 2.75) is 24.8 Å². The van der Waals surface area contributed by atoms with E-state index in [4.69, 9.17) is 11.6 Å². The Labute approximate surface area is 160 Å². The van der Waals surface area contributed by atoms with E-state index in [1.807, 2.05) is 36.4 Å². The number of aromatic nitrogens is 4. The summed E-state index contributed by atoms with van der Waals surface area (Å²) in [5, 5.41) is 8.36. The molecule has 5 rings (SSSR count). The molecule has 27 heavy (non-hydrogen) atoms. The summed E-state index contributed by atoms with van der Waals surface area (Å²) in [4.78, 5) is 21.7. The molecule has 2 aromatic heterocycles. The van der Waals surface area contributed by atoms with E-state index in [0.717, 1.165) is 28.8 Å². The fraction of sp³-hybridized carbons (Fsp3) is 0.200. The summed E-state index contributed by atoms with van der Waals surface area (Å²) in [6.07, 6.45) is 6.21. The van der Waals surface area contributed by atoms with Crippen molar-refractivity contribution < 1.29 is 4.79 Å². The molecule has 1 aliphatic carbocycles. The monoisotopic (exact) mass is 377 g/mol. The summed E-state index contributed by atoms with van der Waals surface area (Å²) in [5.74, 6) is 0.885. The molecule has 3 heterocycles. The fourth-order valence-electron chi connectivity index (χ4n) is 3.97. The summed E-state index contributed by atoms with van der Waals surface area (Å²) in [6.45, 7) is 0. The maximum Gasteiger partial charge on any atom is 0.226 e. The molecule has 0 bridgehead atoms. The van der Waals surface area contributed by atoms with Crippen LogP contribution in [-0.4, -0.2) is 25.5 Å². The first kappa shape index (κ1) is 16.2. The fourth-order valence-corrected chi connectivity index (χ4v) is 4.09. The molecule has 6 nitrogen and oxygen atoms in total. The van der Waals surface area contributed by atoms with Gasteiger partial charge in [-0.3, -0.25) is 9.78 Å². The molecule has 0 fully saturated rings. The number of ketones is 1.